The molecule has 0 aromatic heterocycles. The predicted octanol–water partition coefficient (Wildman–Crippen LogP) is 5.24. The van der Waals surface area contributed by atoms with Gasteiger partial charge in [-0.25, -0.2) is 0 Å². The molecule has 0 fully saturated rings. The molecule has 112 valence electrons. The summed E-state index contributed by atoms with van der Waals surface area (Å²) >= 11 is 0. The molecule has 0 N–H and O–H groups in total. The molecule has 0 amide bonds. The van der Waals surface area contributed by atoms with E-state index in [1.54, 1.807) is 0 Å². The Bertz CT molecular complexity index is 528. The van der Waals surface area contributed by atoms with Gasteiger partial charge in [-0.1, -0.05) is 43.3 Å². The van der Waals surface area contributed by atoms with Gasteiger partial charge in [-0.3, -0.25) is 0 Å². The van der Waals surface area contributed by atoms with Crippen molar-refractivity contribution in [1.29, 1.82) is 0 Å². The van der Waals surface area contributed by atoms with Crippen molar-refractivity contribution in [3.63, 3.8) is 0 Å². The van der Waals surface area contributed by atoms with Crippen LogP contribution in [0.5, 0.6) is 5.75 Å². The van der Waals surface area contributed by atoms with Crippen LogP contribution in [0.1, 0.15) is 38.9 Å². The molecule has 0 aliphatic heterocycles. The van der Waals surface area contributed by atoms with Crippen LogP contribution in [0.4, 0.5) is 0 Å². The molecule has 21 heavy (non-hydrogen) atoms. The van der Waals surface area contributed by atoms with Crippen molar-refractivity contribution in [2.75, 3.05) is 13.2 Å². The Morgan fingerprint density at radius 3 is 1.95 bits per heavy atom. The molecule has 1 atom stereocenters. The van der Waals surface area contributed by atoms with Crippen LogP contribution < -0.4 is 4.74 Å². The summed E-state index contributed by atoms with van der Waals surface area (Å²) in [5, 5.41) is 0. The zero-order chi connectivity index (χ0) is 15.1. The lowest BCUT2D eigenvalue weighted by Crippen LogP contribution is -2.00. The maximum atomic E-state index is 5.75. The second kappa shape index (κ2) is 7.84. The first-order chi connectivity index (χ1) is 10.2. The first-order valence-electron chi connectivity index (χ1n) is 7.69. The number of rotatable bonds is 7. The number of ether oxygens (including phenoxy) is 2. The van der Waals surface area contributed by atoms with E-state index in [1.165, 1.54) is 16.7 Å². The SMILES string of the molecule is CCCOC(C)c1ccc(-c2ccc(OCC)cc2)cc1. The molecule has 0 saturated carbocycles. The normalized spacial score (nSPS) is 12.1. The highest BCUT2D eigenvalue weighted by molar-refractivity contribution is 5.64. The minimum atomic E-state index is 0.152. The third kappa shape index (κ3) is 4.33. The molecule has 2 aromatic rings. The van der Waals surface area contributed by atoms with Crippen LogP contribution in [0.2, 0.25) is 0 Å². The Labute approximate surface area is 127 Å². The van der Waals surface area contributed by atoms with Crippen LogP contribution in [0, 0.1) is 0 Å². The summed E-state index contributed by atoms with van der Waals surface area (Å²) in [7, 11) is 0. The lowest BCUT2D eigenvalue weighted by molar-refractivity contribution is 0.0663. The summed E-state index contributed by atoms with van der Waals surface area (Å²) in [6.07, 6.45) is 1.20. The Balaban J connectivity index is 2.07. The van der Waals surface area contributed by atoms with Gasteiger partial charge >= 0.3 is 0 Å². The fourth-order valence-corrected chi connectivity index (χ4v) is 2.25. The molecule has 2 heteroatoms. The van der Waals surface area contributed by atoms with E-state index < -0.39 is 0 Å². The van der Waals surface area contributed by atoms with Gasteiger partial charge in [0.1, 0.15) is 5.75 Å². The molecule has 0 aliphatic rings. The first kappa shape index (κ1) is 15.6. The van der Waals surface area contributed by atoms with Crippen LogP contribution in [-0.4, -0.2) is 13.2 Å². The van der Waals surface area contributed by atoms with Crippen LogP contribution in [0.25, 0.3) is 11.1 Å². The molecule has 0 radical (unpaired) electrons. The van der Waals surface area contributed by atoms with Crippen molar-refractivity contribution < 1.29 is 9.47 Å². The van der Waals surface area contributed by atoms with Gasteiger partial charge in [-0.2, -0.15) is 0 Å². The van der Waals surface area contributed by atoms with E-state index in [4.69, 9.17) is 9.47 Å². The van der Waals surface area contributed by atoms with Crippen LogP contribution in [0.15, 0.2) is 48.5 Å². The zero-order valence-electron chi connectivity index (χ0n) is 13.1. The highest BCUT2D eigenvalue weighted by atomic mass is 16.5. The molecule has 2 rings (SSSR count). The summed E-state index contributed by atoms with van der Waals surface area (Å²) in [5.74, 6) is 0.916. The van der Waals surface area contributed by atoms with E-state index in [-0.39, 0.29) is 6.10 Å². The maximum absolute atomic E-state index is 5.75. The molecular formula is C19H24O2. The molecule has 0 spiro atoms. The van der Waals surface area contributed by atoms with E-state index in [0.29, 0.717) is 6.61 Å². The Kier molecular flexibility index (Phi) is 5.82. The molecule has 2 aromatic carbocycles. The highest BCUT2D eigenvalue weighted by Crippen LogP contribution is 2.25. The maximum Gasteiger partial charge on any atom is 0.119 e. The fourth-order valence-electron chi connectivity index (χ4n) is 2.25. The largest absolute Gasteiger partial charge is 0.494 e. The van der Waals surface area contributed by atoms with Gasteiger partial charge in [0, 0.05) is 6.61 Å². The van der Waals surface area contributed by atoms with Gasteiger partial charge in [-0.05, 0) is 49.1 Å². The summed E-state index contributed by atoms with van der Waals surface area (Å²) in [6.45, 7) is 7.73. The summed E-state index contributed by atoms with van der Waals surface area (Å²) < 4.78 is 11.2. The smallest absolute Gasteiger partial charge is 0.119 e. The zero-order valence-corrected chi connectivity index (χ0v) is 13.1. The van der Waals surface area contributed by atoms with Crippen molar-refractivity contribution in [1.82, 2.24) is 0 Å². The van der Waals surface area contributed by atoms with Crippen molar-refractivity contribution in [2.45, 2.75) is 33.3 Å². The van der Waals surface area contributed by atoms with E-state index in [2.05, 4.69) is 50.2 Å². The lowest BCUT2D eigenvalue weighted by atomic mass is 10.0. The van der Waals surface area contributed by atoms with Crippen LogP contribution >= 0.6 is 0 Å². The average Bonchev–Trinajstić information content (AvgIpc) is 2.54. The van der Waals surface area contributed by atoms with Crippen molar-refractivity contribution in [3.05, 3.63) is 54.1 Å². The van der Waals surface area contributed by atoms with E-state index in [1.807, 2.05) is 19.1 Å². The average molecular weight is 284 g/mol. The topological polar surface area (TPSA) is 18.5 Å². The number of hydrogen-bond acceptors (Lipinski definition) is 2. The van der Waals surface area contributed by atoms with Crippen molar-refractivity contribution in [2.24, 2.45) is 0 Å². The van der Waals surface area contributed by atoms with Gasteiger partial charge in [-0.15, -0.1) is 0 Å². The van der Waals surface area contributed by atoms with E-state index >= 15 is 0 Å². The monoisotopic (exact) mass is 284 g/mol. The highest BCUT2D eigenvalue weighted by Gasteiger charge is 2.05. The summed E-state index contributed by atoms with van der Waals surface area (Å²) in [5.41, 5.74) is 3.63. The van der Waals surface area contributed by atoms with Crippen LogP contribution in [-0.2, 0) is 4.74 Å². The fraction of sp³-hybridized carbons (Fsp3) is 0.368. The molecule has 2 nitrogen and oxygen atoms in total. The first-order valence-corrected chi connectivity index (χ1v) is 7.69. The Morgan fingerprint density at radius 2 is 1.43 bits per heavy atom. The second-order valence-electron chi connectivity index (χ2n) is 5.09. The lowest BCUT2D eigenvalue weighted by Gasteiger charge is -2.13. The molecular weight excluding hydrogens is 260 g/mol. The van der Waals surface area contributed by atoms with E-state index in [9.17, 15) is 0 Å². The quantitative estimate of drug-likeness (QED) is 0.692. The number of benzene rings is 2. The van der Waals surface area contributed by atoms with Crippen molar-refractivity contribution >= 4 is 0 Å². The molecule has 0 saturated heterocycles. The molecule has 0 heterocycles. The molecule has 0 bridgehead atoms. The van der Waals surface area contributed by atoms with Gasteiger partial charge in [0.2, 0.25) is 0 Å². The second-order valence-corrected chi connectivity index (χ2v) is 5.09. The van der Waals surface area contributed by atoms with Gasteiger partial charge < -0.3 is 9.47 Å². The third-order valence-corrected chi connectivity index (χ3v) is 3.45. The van der Waals surface area contributed by atoms with Crippen molar-refractivity contribution in [3.8, 4) is 16.9 Å². The third-order valence-electron chi connectivity index (χ3n) is 3.45. The van der Waals surface area contributed by atoms with Gasteiger partial charge in [0.05, 0.1) is 12.7 Å². The van der Waals surface area contributed by atoms with Gasteiger partial charge in [0.25, 0.3) is 0 Å². The molecule has 0 aliphatic carbocycles. The number of hydrogen-bond donors (Lipinski definition) is 0. The van der Waals surface area contributed by atoms with Gasteiger partial charge in [0.15, 0.2) is 0 Å². The minimum absolute atomic E-state index is 0.152. The molecule has 1 unspecified atom stereocenters. The Hall–Kier alpha value is -1.80. The van der Waals surface area contributed by atoms with Crippen LogP contribution in [0.3, 0.4) is 0 Å². The summed E-state index contributed by atoms with van der Waals surface area (Å²) in [6, 6.07) is 16.8. The van der Waals surface area contributed by atoms with E-state index in [0.717, 1.165) is 18.8 Å². The standard InChI is InChI=1S/C19H24O2/c1-4-14-21-15(3)16-6-8-17(9-7-16)18-10-12-19(13-11-18)20-5-2/h6-13,15H,4-5,14H2,1-3H3. The Morgan fingerprint density at radius 1 is 0.857 bits per heavy atom. The summed E-state index contributed by atoms with van der Waals surface area (Å²) in [4.78, 5) is 0. The minimum Gasteiger partial charge on any atom is -0.494 e. The predicted molar refractivity (Wildman–Crippen MR) is 87.7 cm³/mol.